The number of thioether (sulfide) groups is 1. The zero-order chi connectivity index (χ0) is 11.4. The minimum absolute atomic E-state index is 0.317. The van der Waals surface area contributed by atoms with Crippen LogP contribution < -0.4 is 5.32 Å². The van der Waals surface area contributed by atoms with Gasteiger partial charge in [-0.05, 0) is 0 Å². The monoisotopic (exact) mass is 243 g/mol. The van der Waals surface area contributed by atoms with Crippen molar-refractivity contribution in [1.29, 1.82) is 0 Å². The second kappa shape index (κ2) is 5.54. The van der Waals surface area contributed by atoms with Crippen molar-refractivity contribution in [3.63, 3.8) is 0 Å². The van der Waals surface area contributed by atoms with E-state index in [-0.39, 0.29) is 11.8 Å². The maximum atomic E-state index is 11.9. The third kappa shape index (κ3) is 2.68. The minimum atomic E-state index is -0.326. The first kappa shape index (κ1) is 11.7. The highest BCUT2D eigenvalue weighted by molar-refractivity contribution is 7.99. The van der Waals surface area contributed by atoms with Gasteiger partial charge in [-0.1, -0.05) is 0 Å². The number of nitrogens with one attached hydrogen (secondary N) is 1. The summed E-state index contributed by atoms with van der Waals surface area (Å²) in [6.07, 6.45) is 0. The van der Waals surface area contributed by atoms with Crippen LogP contribution in [0, 0.1) is 0 Å². The molecular weight excluding hydrogens is 226 g/mol. The van der Waals surface area contributed by atoms with Crippen molar-refractivity contribution in [2.75, 3.05) is 50.8 Å². The molecule has 0 atom stereocenters. The van der Waals surface area contributed by atoms with Crippen LogP contribution in [0.3, 0.4) is 0 Å². The summed E-state index contributed by atoms with van der Waals surface area (Å²) >= 11 is 1.83. The molecule has 0 spiro atoms. The van der Waals surface area contributed by atoms with Gasteiger partial charge in [-0.3, -0.25) is 9.59 Å². The highest BCUT2D eigenvalue weighted by atomic mass is 32.2. The van der Waals surface area contributed by atoms with E-state index in [0.29, 0.717) is 26.2 Å². The normalized spacial score (nSPS) is 22.0. The molecule has 2 fully saturated rings. The number of nitrogens with zero attached hydrogens (tertiary/aromatic N) is 2. The molecule has 16 heavy (non-hydrogen) atoms. The van der Waals surface area contributed by atoms with E-state index in [1.165, 1.54) is 0 Å². The number of carbonyl (C=O) groups excluding carboxylic acids is 2. The van der Waals surface area contributed by atoms with E-state index >= 15 is 0 Å². The van der Waals surface area contributed by atoms with Crippen LogP contribution in [0.4, 0.5) is 0 Å². The molecule has 2 heterocycles. The Balaban J connectivity index is 1.89. The van der Waals surface area contributed by atoms with Crippen molar-refractivity contribution < 1.29 is 9.59 Å². The van der Waals surface area contributed by atoms with Gasteiger partial charge in [0.05, 0.1) is 0 Å². The van der Waals surface area contributed by atoms with Crippen LogP contribution in [0.2, 0.25) is 0 Å². The predicted molar refractivity (Wildman–Crippen MR) is 63.4 cm³/mol. The molecule has 0 aliphatic carbocycles. The molecule has 0 radical (unpaired) electrons. The molecule has 5 nitrogen and oxygen atoms in total. The van der Waals surface area contributed by atoms with Crippen LogP contribution >= 0.6 is 11.8 Å². The Labute approximate surface area is 99.5 Å². The van der Waals surface area contributed by atoms with E-state index in [0.717, 1.165) is 24.6 Å². The highest BCUT2D eigenvalue weighted by Crippen LogP contribution is 2.10. The molecular formula is C10H17N3O2S. The molecule has 2 aliphatic rings. The van der Waals surface area contributed by atoms with E-state index in [1.807, 2.05) is 11.8 Å². The standard InChI is InChI=1S/C10H17N3O2S/c14-9(12-3-1-11-2-4-12)10(15)13-5-7-16-8-6-13/h11H,1-8H2. The number of amides is 2. The average Bonchev–Trinajstić information content (AvgIpc) is 2.39. The van der Waals surface area contributed by atoms with E-state index in [4.69, 9.17) is 0 Å². The first-order valence-corrected chi connectivity index (χ1v) is 6.81. The Hall–Kier alpha value is -0.750. The van der Waals surface area contributed by atoms with Crippen molar-refractivity contribution in [3.8, 4) is 0 Å². The molecule has 1 N–H and O–H groups in total. The van der Waals surface area contributed by atoms with Gasteiger partial charge in [0.2, 0.25) is 0 Å². The quantitative estimate of drug-likeness (QED) is 0.554. The Bertz CT molecular complexity index is 245. The van der Waals surface area contributed by atoms with E-state index < -0.39 is 0 Å². The van der Waals surface area contributed by atoms with Gasteiger partial charge in [-0.15, -0.1) is 0 Å². The summed E-state index contributed by atoms with van der Waals surface area (Å²) in [5, 5.41) is 3.17. The Kier molecular flexibility index (Phi) is 4.06. The van der Waals surface area contributed by atoms with Gasteiger partial charge < -0.3 is 15.1 Å². The van der Waals surface area contributed by atoms with Crippen LogP contribution in [0.15, 0.2) is 0 Å². The molecule has 0 saturated carbocycles. The summed E-state index contributed by atoms with van der Waals surface area (Å²) in [5.74, 6) is 1.25. The smallest absolute Gasteiger partial charge is 0.312 e. The zero-order valence-corrected chi connectivity index (χ0v) is 10.1. The van der Waals surface area contributed by atoms with E-state index in [2.05, 4.69) is 5.32 Å². The number of piperazine rings is 1. The summed E-state index contributed by atoms with van der Waals surface area (Å²) in [6.45, 7) is 4.28. The van der Waals surface area contributed by atoms with E-state index in [9.17, 15) is 9.59 Å². The molecule has 0 aromatic heterocycles. The van der Waals surface area contributed by atoms with Crippen LogP contribution in [0.1, 0.15) is 0 Å². The van der Waals surface area contributed by atoms with Crippen molar-refractivity contribution in [3.05, 3.63) is 0 Å². The number of rotatable bonds is 0. The van der Waals surface area contributed by atoms with Gasteiger partial charge in [0.15, 0.2) is 0 Å². The molecule has 2 rings (SSSR count). The lowest BCUT2D eigenvalue weighted by Gasteiger charge is -2.31. The lowest BCUT2D eigenvalue weighted by atomic mass is 10.3. The molecule has 2 amide bonds. The fraction of sp³-hybridized carbons (Fsp3) is 0.800. The molecule has 0 aromatic carbocycles. The second-order valence-corrected chi connectivity index (χ2v) is 5.17. The fourth-order valence-corrected chi connectivity index (χ4v) is 2.81. The zero-order valence-electron chi connectivity index (χ0n) is 9.28. The van der Waals surface area contributed by atoms with Crippen LogP contribution in [0.25, 0.3) is 0 Å². The molecule has 2 saturated heterocycles. The average molecular weight is 243 g/mol. The van der Waals surface area contributed by atoms with Gasteiger partial charge in [0.25, 0.3) is 0 Å². The molecule has 0 bridgehead atoms. The third-order valence-electron chi connectivity index (χ3n) is 2.89. The molecule has 6 heteroatoms. The fourth-order valence-electron chi connectivity index (χ4n) is 1.90. The Morgan fingerprint density at radius 2 is 1.38 bits per heavy atom. The minimum Gasteiger partial charge on any atom is -0.333 e. The SMILES string of the molecule is O=C(C(=O)N1CCSCC1)N1CCNCC1. The number of hydrogen-bond donors (Lipinski definition) is 1. The second-order valence-electron chi connectivity index (χ2n) is 3.95. The van der Waals surface area contributed by atoms with E-state index in [1.54, 1.807) is 9.80 Å². The summed E-state index contributed by atoms with van der Waals surface area (Å²) in [7, 11) is 0. The van der Waals surface area contributed by atoms with Crippen LogP contribution in [-0.2, 0) is 9.59 Å². The topological polar surface area (TPSA) is 52.7 Å². The summed E-state index contributed by atoms with van der Waals surface area (Å²) in [6, 6.07) is 0. The number of hydrogen-bond acceptors (Lipinski definition) is 4. The van der Waals surface area contributed by atoms with Crippen LogP contribution in [-0.4, -0.2) is 72.4 Å². The lowest BCUT2D eigenvalue weighted by molar-refractivity contribution is -0.151. The van der Waals surface area contributed by atoms with Gasteiger partial charge >= 0.3 is 11.8 Å². The molecule has 2 aliphatic heterocycles. The largest absolute Gasteiger partial charge is 0.333 e. The first-order valence-electron chi connectivity index (χ1n) is 5.65. The lowest BCUT2D eigenvalue weighted by Crippen LogP contribution is -2.53. The van der Waals surface area contributed by atoms with Gasteiger partial charge in [0.1, 0.15) is 0 Å². The molecule has 0 aromatic rings. The Morgan fingerprint density at radius 3 is 1.94 bits per heavy atom. The number of carbonyl (C=O) groups is 2. The molecule has 90 valence electrons. The summed E-state index contributed by atoms with van der Waals surface area (Å²) in [4.78, 5) is 27.1. The Morgan fingerprint density at radius 1 is 0.875 bits per heavy atom. The van der Waals surface area contributed by atoms with Gasteiger partial charge in [-0.25, -0.2) is 0 Å². The molecule has 0 unspecified atom stereocenters. The van der Waals surface area contributed by atoms with Crippen LogP contribution in [0.5, 0.6) is 0 Å². The van der Waals surface area contributed by atoms with Crippen molar-refractivity contribution in [2.45, 2.75) is 0 Å². The maximum absolute atomic E-state index is 11.9. The highest BCUT2D eigenvalue weighted by Gasteiger charge is 2.28. The van der Waals surface area contributed by atoms with Crippen molar-refractivity contribution in [1.82, 2.24) is 15.1 Å². The van der Waals surface area contributed by atoms with Gasteiger partial charge in [-0.2, -0.15) is 11.8 Å². The first-order chi connectivity index (χ1) is 7.79. The maximum Gasteiger partial charge on any atom is 0.312 e. The summed E-state index contributed by atoms with van der Waals surface area (Å²) in [5.41, 5.74) is 0. The predicted octanol–water partition coefficient (Wildman–Crippen LogP) is -1.01. The summed E-state index contributed by atoms with van der Waals surface area (Å²) < 4.78 is 0. The third-order valence-corrected chi connectivity index (χ3v) is 3.83. The van der Waals surface area contributed by atoms with Crippen molar-refractivity contribution in [2.24, 2.45) is 0 Å². The van der Waals surface area contributed by atoms with Crippen molar-refractivity contribution >= 4 is 23.6 Å². The van der Waals surface area contributed by atoms with Gasteiger partial charge in [0, 0.05) is 50.8 Å².